The quantitative estimate of drug-likeness (QED) is 0.716. The van der Waals surface area contributed by atoms with Gasteiger partial charge in [-0.3, -0.25) is 4.79 Å². The van der Waals surface area contributed by atoms with Crippen LogP contribution in [0, 0.1) is 5.92 Å². The van der Waals surface area contributed by atoms with Gasteiger partial charge in [-0.2, -0.15) is 0 Å². The summed E-state index contributed by atoms with van der Waals surface area (Å²) in [5, 5.41) is 14.7. The fraction of sp³-hybridized carbons (Fsp3) is 0.462. The van der Waals surface area contributed by atoms with Crippen molar-refractivity contribution in [3.8, 4) is 0 Å². The molecule has 0 aliphatic heterocycles. The van der Waals surface area contributed by atoms with E-state index in [1.807, 2.05) is 13.8 Å². The third-order valence-electron chi connectivity index (χ3n) is 2.44. The molecule has 3 N–H and O–H groups in total. The topological polar surface area (TPSA) is 91.3 Å². The number of carboxylic acids is 1. The first-order valence-electron chi connectivity index (χ1n) is 6.29. The first-order valence-corrected chi connectivity index (χ1v) is 6.67. The van der Waals surface area contributed by atoms with E-state index in [4.69, 9.17) is 16.7 Å². The van der Waals surface area contributed by atoms with Crippen LogP contribution >= 0.6 is 11.6 Å². The summed E-state index contributed by atoms with van der Waals surface area (Å²) in [6.07, 6.45) is 1.51. The summed E-state index contributed by atoms with van der Waals surface area (Å²) in [6, 6.07) is 1.32. The van der Waals surface area contributed by atoms with Gasteiger partial charge in [0.25, 0.3) is 0 Å². The number of halogens is 1. The van der Waals surface area contributed by atoms with E-state index in [-0.39, 0.29) is 16.5 Å². The van der Waals surface area contributed by atoms with Gasteiger partial charge < -0.3 is 15.7 Å². The second kappa shape index (κ2) is 7.69. The van der Waals surface area contributed by atoms with E-state index in [0.29, 0.717) is 31.2 Å². The zero-order chi connectivity index (χ0) is 15.1. The Bertz CT molecular complexity index is 492. The predicted octanol–water partition coefficient (Wildman–Crippen LogP) is 2.01. The zero-order valence-corrected chi connectivity index (χ0v) is 12.2. The van der Waals surface area contributed by atoms with Crippen molar-refractivity contribution >= 4 is 29.3 Å². The molecular formula is C13H18ClN3O3. The minimum absolute atomic E-state index is 0.0234. The van der Waals surface area contributed by atoms with Crippen molar-refractivity contribution in [2.24, 2.45) is 5.92 Å². The first kappa shape index (κ1) is 16.2. The second-order valence-corrected chi connectivity index (χ2v) is 5.14. The normalized spacial score (nSPS) is 10.4. The number of hydrogen-bond acceptors (Lipinski definition) is 4. The third kappa shape index (κ3) is 5.44. The SMILES string of the molecule is CC(C)CNC(=O)CCNc1ncc(C(=O)O)cc1Cl. The summed E-state index contributed by atoms with van der Waals surface area (Å²) in [4.78, 5) is 26.1. The van der Waals surface area contributed by atoms with Gasteiger partial charge in [-0.1, -0.05) is 25.4 Å². The average Bonchev–Trinajstić information content (AvgIpc) is 2.38. The molecule has 0 saturated carbocycles. The van der Waals surface area contributed by atoms with Gasteiger partial charge in [-0.15, -0.1) is 0 Å². The van der Waals surface area contributed by atoms with Gasteiger partial charge in [-0.25, -0.2) is 9.78 Å². The number of aromatic nitrogens is 1. The molecule has 1 heterocycles. The maximum atomic E-state index is 11.5. The highest BCUT2D eigenvalue weighted by Gasteiger charge is 2.09. The molecule has 0 bridgehead atoms. The van der Waals surface area contributed by atoms with Crippen molar-refractivity contribution in [3.63, 3.8) is 0 Å². The molecule has 6 nitrogen and oxygen atoms in total. The lowest BCUT2D eigenvalue weighted by Crippen LogP contribution is -2.28. The largest absolute Gasteiger partial charge is 0.478 e. The lowest BCUT2D eigenvalue weighted by Gasteiger charge is -2.09. The van der Waals surface area contributed by atoms with Crippen LogP contribution in [-0.4, -0.2) is 35.1 Å². The van der Waals surface area contributed by atoms with Gasteiger partial charge in [0.05, 0.1) is 10.6 Å². The van der Waals surface area contributed by atoms with Crippen LogP contribution in [0.4, 0.5) is 5.82 Å². The average molecular weight is 300 g/mol. The Labute approximate surface area is 122 Å². The summed E-state index contributed by atoms with van der Waals surface area (Å²) < 4.78 is 0. The van der Waals surface area contributed by atoms with E-state index in [1.54, 1.807) is 0 Å². The van der Waals surface area contributed by atoms with Gasteiger partial charge in [-0.05, 0) is 12.0 Å². The maximum absolute atomic E-state index is 11.5. The molecule has 7 heteroatoms. The highest BCUT2D eigenvalue weighted by atomic mass is 35.5. The molecule has 20 heavy (non-hydrogen) atoms. The smallest absolute Gasteiger partial charge is 0.337 e. The third-order valence-corrected chi connectivity index (χ3v) is 2.73. The Kier molecular flexibility index (Phi) is 6.24. The molecule has 0 aromatic carbocycles. The second-order valence-electron chi connectivity index (χ2n) is 4.73. The molecule has 1 aromatic rings. The van der Waals surface area contributed by atoms with E-state index in [1.165, 1.54) is 12.3 Å². The highest BCUT2D eigenvalue weighted by molar-refractivity contribution is 6.33. The number of carbonyl (C=O) groups excluding carboxylic acids is 1. The lowest BCUT2D eigenvalue weighted by molar-refractivity contribution is -0.120. The van der Waals surface area contributed by atoms with Crippen LogP contribution in [0.15, 0.2) is 12.3 Å². The number of aromatic carboxylic acids is 1. The fourth-order valence-electron chi connectivity index (χ4n) is 1.39. The number of rotatable bonds is 7. The van der Waals surface area contributed by atoms with Gasteiger partial charge in [0, 0.05) is 25.7 Å². The van der Waals surface area contributed by atoms with Crippen molar-refractivity contribution in [1.82, 2.24) is 10.3 Å². The molecule has 0 saturated heterocycles. The summed E-state index contributed by atoms with van der Waals surface area (Å²) in [5.74, 6) is -0.358. The molecule has 0 fully saturated rings. The molecule has 0 unspecified atom stereocenters. The molecule has 1 rings (SSSR count). The molecule has 0 aliphatic rings. The Morgan fingerprint density at radius 2 is 2.15 bits per heavy atom. The maximum Gasteiger partial charge on any atom is 0.337 e. The van der Waals surface area contributed by atoms with Crippen LogP contribution in [0.3, 0.4) is 0 Å². The van der Waals surface area contributed by atoms with E-state index in [2.05, 4.69) is 15.6 Å². The Hall–Kier alpha value is -1.82. The number of carbonyl (C=O) groups is 2. The molecule has 1 aromatic heterocycles. The number of pyridine rings is 1. The van der Waals surface area contributed by atoms with Gasteiger partial charge in [0.1, 0.15) is 5.82 Å². The van der Waals surface area contributed by atoms with Crippen LogP contribution in [0.5, 0.6) is 0 Å². The van der Waals surface area contributed by atoms with Crippen molar-refractivity contribution < 1.29 is 14.7 Å². The van der Waals surface area contributed by atoms with E-state index >= 15 is 0 Å². The molecule has 1 amide bonds. The molecule has 0 atom stereocenters. The van der Waals surface area contributed by atoms with E-state index in [0.717, 1.165) is 0 Å². The molecule has 0 aliphatic carbocycles. The zero-order valence-electron chi connectivity index (χ0n) is 11.4. The minimum atomic E-state index is -1.08. The van der Waals surface area contributed by atoms with Crippen molar-refractivity contribution in [2.45, 2.75) is 20.3 Å². The van der Waals surface area contributed by atoms with E-state index < -0.39 is 5.97 Å². The summed E-state index contributed by atoms with van der Waals surface area (Å²) >= 11 is 5.90. The Balaban J connectivity index is 2.42. The van der Waals surface area contributed by atoms with Crippen LogP contribution in [-0.2, 0) is 4.79 Å². The first-order chi connectivity index (χ1) is 9.40. The van der Waals surface area contributed by atoms with E-state index in [9.17, 15) is 9.59 Å². The number of carboxylic acid groups (broad SMARTS) is 1. The minimum Gasteiger partial charge on any atom is -0.478 e. The van der Waals surface area contributed by atoms with Gasteiger partial charge >= 0.3 is 5.97 Å². The molecule has 0 radical (unpaired) electrons. The number of nitrogens with one attached hydrogen (secondary N) is 2. The highest BCUT2D eigenvalue weighted by Crippen LogP contribution is 2.19. The predicted molar refractivity (Wildman–Crippen MR) is 77.2 cm³/mol. The van der Waals surface area contributed by atoms with Crippen molar-refractivity contribution in [2.75, 3.05) is 18.4 Å². The molecule has 0 spiro atoms. The molecular weight excluding hydrogens is 282 g/mol. The summed E-state index contributed by atoms with van der Waals surface area (Å²) in [6.45, 7) is 5.06. The Morgan fingerprint density at radius 3 is 2.70 bits per heavy atom. The van der Waals surface area contributed by atoms with Crippen molar-refractivity contribution in [3.05, 3.63) is 22.8 Å². The number of anilines is 1. The number of amides is 1. The van der Waals surface area contributed by atoms with Gasteiger partial charge in [0.15, 0.2) is 0 Å². The monoisotopic (exact) mass is 299 g/mol. The van der Waals surface area contributed by atoms with Crippen LogP contribution in [0.25, 0.3) is 0 Å². The number of nitrogens with zero attached hydrogens (tertiary/aromatic N) is 1. The van der Waals surface area contributed by atoms with Gasteiger partial charge in [0.2, 0.25) is 5.91 Å². The van der Waals surface area contributed by atoms with Crippen LogP contribution < -0.4 is 10.6 Å². The number of hydrogen-bond donors (Lipinski definition) is 3. The lowest BCUT2D eigenvalue weighted by atomic mass is 10.2. The summed E-state index contributed by atoms with van der Waals surface area (Å²) in [7, 11) is 0. The fourth-order valence-corrected chi connectivity index (χ4v) is 1.62. The molecule has 110 valence electrons. The summed E-state index contributed by atoms with van der Waals surface area (Å²) in [5.41, 5.74) is 0.0234. The standard InChI is InChI=1S/C13H18ClN3O3/c1-8(2)6-16-11(18)3-4-15-12-10(14)5-9(7-17-12)13(19)20/h5,7-8H,3-4,6H2,1-2H3,(H,15,17)(H,16,18)(H,19,20). The van der Waals surface area contributed by atoms with Crippen LogP contribution in [0.2, 0.25) is 5.02 Å². The van der Waals surface area contributed by atoms with Crippen molar-refractivity contribution in [1.29, 1.82) is 0 Å². The van der Waals surface area contributed by atoms with Crippen LogP contribution in [0.1, 0.15) is 30.6 Å². The Morgan fingerprint density at radius 1 is 1.45 bits per heavy atom.